The van der Waals surface area contributed by atoms with Crippen molar-refractivity contribution in [3.05, 3.63) is 66.0 Å². The molecule has 0 radical (unpaired) electrons. The van der Waals surface area contributed by atoms with Gasteiger partial charge >= 0.3 is 0 Å². The van der Waals surface area contributed by atoms with E-state index in [4.69, 9.17) is 4.74 Å². The third kappa shape index (κ3) is 4.64. The Hall–Kier alpha value is -2.99. The van der Waals surface area contributed by atoms with Crippen LogP contribution < -0.4 is 10.6 Å². The van der Waals surface area contributed by atoms with Crippen molar-refractivity contribution in [2.75, 3.05) is 25.1 Å². The molecular weight excluding hydrogens is 352 g/mol. The Bertz CT molecular complexity index is 940. The van der Waals surface area contributed by atoms with Gasteiger partial charge in [-0.3, -0.25) is 4.79 Å². The van der Waals surface area contributed by atoms with Gasteiger partial charge in [-0.15, -0.1) is 0 Å². The van der Waals surface area contributed by atoms with Crippen LogP contribution in [0.2, 0.25) is 0 Å². The topological polar surface area (TPSA) is 76.1 Å². The number of nitrogens with one attached hydrogen (secondary N) is 2. The Labute approximate surface area is 164 Å². The molecule has 4 rings (SSSR count). The number of fused-ring (bicyclic) bond motifs is 1. The smallest absolute Gasteiger partial charge is 0.269 e. The third-order valence-corrected chi connectivity index (χ3v) is 4.92. The summed E-state index contributed by atoms with van der Waals surface area (Å²) in [6.07, 6.45) is 4.53. The molecule has 1 saturated heterocycles. The lowest BCUT2D eigenvalue weighted by atomic mass is 10.1. The first kappa shape index (κ1) is 18.4. The number of rotatable bonds is 6. The van der Waals surface area contributed by atoms with Gasteiger partial charge in [0.05, 0.1) is 5.52 Å². The van der Waals surface area contributed by atoms with Crippen LogP contribution in [0.5, 0.6) is 0 Å². The number of pyridine rings is 2. The molecule has 6 nitrogen and oxygen atoms in total. The summed E-state index contributed by atoms with van der Waals surface area (Å²) in [5.74, 6) is 0.627. The highest BCUT2D eigenvalue weighted by molar-refractivity contribution is 5.95. The van der Waals surface area contributed by atoms with Crippen LogP contribution >= 0.6 is 0 Å². The van der Waals surface area contributed by atoms with Crippen LogP contribution in [0.3, 0.4) is 0 Å². The maximum Gasteiger partial charge on any atom is 0.269 e. The first-order valence-electron chi connectivity index (χ1n) is 9.71. The van der Waals surface area contributed by atoms with E-state index in [1.165, 1.54) is 5.56 Å². The van der Waals surface area contributed by atoms with Crippen LogP contribution in [0, 0.1) is 0 Å². The second kappa shape index (κ2) is 8.80. The number of anilines is 1. The fraction of sp³-hybridized carbons (Fsp3) is 0.318. The van der Waals surface area contributed by atoms with E-state index in [1.807, 2.05) is 30.3 Å². The summed E-state index contributed by atoms with van der Waals surface area (Å²) in [5.41, 5.74) is 2.38. The van der Waals surface area contributed by atoms with Crippen LogP contribution in [-0.4, -0.2) is 41.7 Å². The maximum absolute atomic E-state index is 12.5. The summed E-state index contributed by atoms with van der Waals surface area (Å²) in [6.45, 7) is 2.13. The van der Waals surface area contributed by atoms with Crippen molar-refractivity contribution in [3.8, 4) is 0 Å². The lowest BCUT2D eigenvalue weighted by Gasteiger charge is -2.23. The standard InChI is InChI=1S/C22H24N4O2/c27-22(23-11-8-16-4-2-1-3-5-16)19-7-6-17-15-24-21(14-20(17)26-19)25-18-9-12-28-13-10-18/h1-7,14-15,18H,8-13H2,(H,23,27)(H,24,25). The summed E-state index contributed by atoms with van der Waals surface area (Å²) in [4.78, 5) is 21.5. The minimum Gasteiger partial charge on any atom is -0.381 e. The first-order valence-corrected chi connectivity index (χ1v) is 9.71. The van der Waals surface area contributed by atoms with Crippen LogP contribution in [0.1, 0.15) is 28.9 Å². The number of nitrogens with zero attached hydrogens (tertiary/aromatic N) is 2. The Kier molecular flexibility index (Phi) is 5.77. The van der Waals surface area contributed by atoms with Crippen molar-refractivity contribution < 1.29 is 9.53 Å². The normalized spacial score (nSPS) is 14.7. The minimum absolute atomic E-state index is 0.159. The van der Waals surface area contributed by atoms with E-state index in [0.29, 0.717) is 18.3 Å². The molecule has 0 aliphatic carbocycles. The largest absolute Gasteiger partial charge is 0.381 e. The highest BCUT2D eigenvalue weighted by Gasteiger charge is 2.14. The second-order valence-electron chi connectivity index (χ2n) is 6.98. The van der Waals surface area contributed by atoms with Gasteiger partial charge in [0.1, 0.15) is 11.5 Å². The van der Waals surface area contributed by atoms with Crippen molar-refractivity contribution >= 4 is 22.6 Å². The molecule has 28 heavy (non-hydrogen) atoms. The predicted octanol–water partition coefficient (Wildman–Crippen LogP) is 3.19. The average molecular weight is 376 g/mol. The van der Waals surface area contributed by atoms with Gasteiger partial charge in [-0.1, -0.05) is 30.3 Å². The van der Waals surface area contributed by atoms with Crippen molar-refractivity contribution in [2.45, 2.75) is 25.3 Å². The molecule has 0 saturated carbocycles. The van der Waals surface area contributed by atoms with E-state index in [1.54, 1.807) is 12.3 Å². The third-order valence-electron chi connectivity index (χ3n) is 4.92. The summed E-state index contributed by atoms with van der Waals surface area (Å²) < 4.78 is 5.39. The quantitative estimate of drug-likeness (QED) is 0.691. The highest BCUT2D eigenvalue weighted by Crippen LogP contribution is 2.18. The predicted molar refractivity (Wildman–Crippen MR) is 109 cm³/mol. The first-order chi connectivity index (χ1) is 13.8. The van der Waals surface area contributed by atoms with E-state index in [0.717, 1.165) is 49.2 Å². The van der Waals surface area contributed by atoms with Gasteiger partial charge < -0.3 is 15.4 Å². The van der Waals surface area contributed by atoms with Crippen molar-refractivity contribution in [2.24, 2.45) is 0 Å². The molecule has 0 unspecified atom stereocenters. The molecule has 1 amide bonds. The van der Waals surface area contributed by atoms with E-state index < -0.39 is 0 Å². The lowest BCUT2D eigenvalue weighted by Crippen LogP contribution is -2.28. The molecule has 3 heterocycles. The summed E-state index contributed by atoms with van der Waals surface area (Å²) in [7, 11) is 0. The number of aromatic nitrogens is 2. The van der Waals surface area contributed by atoms with Gasteiger partial charge in [-0.25, -0.2) is 9.97 Å². The highest BCUT2D eigenvalue weighted by atomic mass is 16.5. The summed E-state index contributed by atoms with van der Waals surface area (Å²) >= 11 is 0. The van der Waals surface area contributed by atoms with Gasteiger partial charge in [0.25, 0.3) is 5.91 Å². The Morgan fingerprint density at radius 1 is 1.11 bits per heavy atom. The van der Waals surface area contributed by atoms with Crippen LogP contribution in [-0.2, 0) is 11.2 Å². The van der Waals surface area contributed by atoms with Gasteiger partial charge in [-0.2, -0.15) is 0 Å². The summed E-state index contributed by atoms with van der Waals surface area (Å²) in [6, 6.07) is 16.0. The number of benzene rings is 1. The number of hydrogen-bond acceptors (Lipinski definition) is 5. The molecule has 0 spiro atoms. The number of carbonyl (C=O) groups excluding carboxylic acids is 1. The van der Waals surface area contributed by atoms with Crippen molar-refractivity contribution in [1.82, 2.24) is 15.3 Å². The van der Waals surface area contributed by atoms with E-state index in [9.17, 15) is 4.79 Å². The SMILES string of the molecule is O=C(NCCc1ccccc1)c1ccc2cnc(NC3CCOCC3)cc2n1. The zero-order valence-electron chi connectivity index (χ0n) is 15.7. The molecule has 144 valence electrons. The number of carbonyl (C=O) groups is 1. The maximum atomic E-state index is 12.5. The Balaban J connectivity index is 1.41. The fourth-order valence-electron chi connectivity index (χ4n) is 3.33. The lowest BCUT2D eigenvalue weighted by molar-refractivity contribution is 0.0903. The molecule has 2 aromatic heterocycles. The van der Waals surface area contributed by atoms with Crippen molar-refractivity contribution in [1.29, 1.82) is 0 Å². The van der Waals surface area contributed by atoms with E-state index in [-0.39, 0.29) is 5.91 Å². The van der Waals surface area contributed by atoms with E-state index in [2.05, 4.69) is 32.7 Å². The Morgan fingerprint density at radius 2 is 1.93 bits per heavy atom. The number of ether oxygens (including phenoxy) is 1. The van der Waals surface area contributed by atoms with E-state index >= 15 is 0 Å². The van der Waals surface area contributed by atoms with Crippen molar-refractivity contribution in [3.63, 3.8) is 0 Å². The van der Waals surface area contributed by atoms with Crippen LogP contribution in [0.15, 0.2) is 54.7 Å². The molecule has 3 aromatic rings. The van der Waals surface area contributed by atoms with Crippen LogP contribution in [0.25, 0.3) is 10.9 Å². The average Bonchev–Trinajstić information content (AvgIpc) is 2.74. The second-order valence-corrected chi connectivity index (χ2v) is 6.98. The van der Waals surface area contributed by atoms with Gasteiger partial charge in [-0.05, 0) is 37.0 Å². The molecule has 1 aliphatic heterocycles. The van der Waals surface area contributed by atoms with Gasteiger partial charge in [0.2, 0.25) is 0 Å². The molecule has 6 heteroatoms. The monoisotopic (exact) mass is 376 g/mol. The number of amides is 1. The summed E-state index contributed by atoms with van der Waals surface area (Å²) in [5, 5.41) is 7.30. The molecule has 2 N–H and O–H groups in total. The zero-order valence-corrected chi connectivity index (χ0v) is 15.7. The van der Waals surface area contributed by atoms with Gasteiger partial charge in [0.15, 0.2) is 0 Å². The fourth-order valence-corrected chi connectivity index (χ4v) is 3.33. The Morgan fingerprint density at radius 3 is 2.75 bits per heavy atom. The minimum atomic E-state index is -0.159. The molecule has 0 atom stereocenters. The zero-order chi connectivity index (χ0) is 19.2. The van der Waals surface area contributed by atoms with Gasteiger partial charge in [0, 0.05) is 43.4 Å². The molecule has 1 aliphatic rings. The number of hydrogen-bond donors (Lipinski definition) is 2. The van der Waals surface area contributed by atoms with Crippen LogP contribution in [0.4, 0.5) is 5.82 Å². The molecule has 0 bridgehead atoms. The molecular formula is C22H24N4O2. The molecule has 1 fully saturated rings. The molecule has 1 aromatic carbocycles.